The van der Waals surface area contributed by atoms with Gasteiger partial charge in [-0.1, -0.05) is 5.16 Å². The summed E-state index contributed by atoms with van der Waals surface area (Å²) in [4.78, 5) is 24.2. The highest BCUT2D eigenvalue weighted by Gasteiger charge is 2.52. The van der Waals surface area contributed by atoms with Crippen LogP contribution in [0.4, 0.5) is 22.0 Å². The van der Waals surface area contributed by atoms with Crippen molar-refractivity contribution in [1.29, 1.82) is 0 Å². The number of nitrogens with zero attached hydrogens (tertiary/aromatic N) is 4. The molecule has 0 unspecified atom stereocenters. The number of hydrogen-bond donors (Lipinski definition) is 2. The average molecular weight is 509 g/mol. The first-order valence-corrected chi connectivity index (χ1v) is 11.2. The van der Waals surface area contributed by atoms with Crippen molar-refractivity contribution in [1.82, 2.24) is 25.4 Å². The zero-order chi connectivity index (χ0) is 25.7. The van der Waals surface area contributed by atoms with E-state index in [0.29, 0.717) is 44.1 Å². The lowest BCUT2D eigenvalue weighted by molar-refractivity contribution is -0.138. The Hall–Kier alpha value is -3.64. The van der Waals surface area contributed by atoms with E-state index in [4.69, 9.17) is 4.52 Å². The molecule has 0 radical (unpaired) electrons. The van der Waals surface area contributed by atoms with Gasteiger partial charge in [0.1, 0.15) is 0 Å². The summed E-state index contributed by atoms with van der Waals surface area (Å²) in [5, 5.41) is 15.8. The fourth-order valence-electron chi connectivity index (χ4n) is 5.04. The highest BCUT2D eigenvalue weighted by Crippen LogP contribution is 2.57. The molecule has 0 atom stereocenters. The van der Waals surface area contributed by atoms with E-state index in [1.165, 1.54) is 0 Å². The van der Waals surface area contributed by atoms with E-state index in [0.717, 1.165) is 31.4 Å². The van der Waals surface area contributed by atoms with Gasteiger partial charge in [0.25, 0.3) is 5.91 Å². The molecule has 3 fully saturated rings. The summed E-state index contributed by atoms with van der Waals surface area (Å²) in [6.45, 7) is 0.320. The summed E-state index contributed by atoms with van der Waals surface area (Å²) >= 11 is 0. The number of aromatic hydroxyl groups is 1. The molecule has 1 amide bonds. The molecule has 2 heterocycles. The van der Waals surface area contributed by atoms with Crippen molar-refractivity contribution in [3.8, 4) is 17.4 Å². The van der Waals surface area contributed by atoms with Crippen LogP contribution in [0.25, 0.3) is 11.6 Å². The number of fused-ring (bicyclic) bond motifs is 3. The second-order valence-corrected chi connectivity index (χ2v) is 9.47. The molecule has 0 spiro atoms. The van der Waals surface area contributed by atoms with Gasteiger partial charge in [0.2, 0.25) is 17.5 Å². The van der Waals surface area contributed by atoms with Crippen molar-refractivity contribution < 1.29 is 36.4 Å². The van der Waals surface area contributed by atoms with Gasteiger partial charge >= 0.3 is 6.18 Å². The summed E-state index contributed by atoms with van der Waals surface area (Å²) in [5.41, 5.74) is -1.77. The van der Waals surface area contributed by atoms with Crippen molar-refractivity contribution in [3.05, 3.63) is 53.2 Å². The molecule has 190 valence electrons. The van der Waals surface area contributed by atoms with Gasteiger partial charge in [-0.05, 0) is 56.1 Å². The van der Waals surface area contributed by atoms with E-state index in [2.05, 4.69) is 25.4 Å². The molecule has 8 nitrogen and oxygen atoms in total. The van der Waals surface area contributed by atoms with Gasteiger partial charge in [0, 0.05) is 29.9 Å². The number of nitrogens with one attached hydrogen (secondary N) is 1. The van der Waals surface area contributed by atoms with E-state index in [1.807, 2.05) is 0 Å². The number of alkyl halides is 3. The van der Waals surface area contributed by atoms with Gasteiger partial charge in [-0.2, -0.15) is 18.2 Å². The number of benzene rings is 1. The molecule has 13 heteroatoms. The molecule has 6 rings (SSSR count). The van der Waals surface area contributed by atoms with Gasteiger partial charge in [0.15, 0.2) is 17.4 Å². The van der Waals surface area contributed by atoms with E-state index in [1.54, 1.807) is 0 Å². The number of amides is 1. The van der Waals surface area contributed by atoms with E-state index >= 15 is 0 Å². The molecular formula is C23H20F5N5O3. The van der Waals surface area contributed by atoms with Crippen LogP contribution in [0.2, 0.25) is 0 Å². The number of aromatic nitrogens is 4. The fourth-order valence-corrected chi connectivity index (χ4v) is 5.04. The molecule has 36 heavy (non-hydrogen) atoms. The molecule has 2 aromatic heterocycles. The second-order valence-electron chi connectivity index (χ2n) is 9.47. The predicted molar refractivity (Wildman–Crippen MR) is 112 cm³/mol. The molecule has 3 aromatic rings. The Morgan fingerprint density at radius 1 is 1.00 bits per heavy atom. The maximum atomic E-state index is 13.6. The lowest BCUT2D eigenvalue weighted by atomic mass is 9.53. The summed E-state index contributed by atoms with van der Waals surface area (Å²) in [6.07, 6.45) is 1.08. The topological polar surface area (TPSA) is 114 Å². The lowest BCUT2D eigenvalue weighted by Gasteiger charge is -2.51. The Balaban J connectivity index is 1.23. The minimum Gasteiger partial charge on any atom is -0.503 e. The first kappa shape index (κ1) is 24.1. The highest BCUT2D eigenvalue weighted by atomic mass is 19.4. The number of halogens is 5. The van der Waals surface area contributed by atoms with Crippen molar-refractivity contribution in [2.45, 2.75) is 50.1 Å². The van der Waals surface area contributed by atoms with Crippen LogP contribution in [0.15, 0.2) is 29.0 Å². The number of rotatable bonds is 5. The minimum atomic E-state index is -4.55. The van der Waals surface area contributed by atoms with Crippen LogP contribution in [0.1, 0.15) is 60.3 Å². The highest BCUT2D eigenvalue weighted by molar-refractivity contribution is 5.94. The van der Waals surface area contributed by atoms with Gasteiger partial charge < -0.3 is 14.9 Å². The Labute approximate surface area is 201 Å². The van der Waals surface area contributed by atoms with Crippen LogP contribution >= 0.6 is 0 Å². The standard InChI is InChI=1S/C23H20F5N5O3/c24-14-7-12(8-15(25)16(14)34)19(35)31-11-21-1-4-22(5-2-21,6-3-21)20-32-18(33-36-20)17-29-9-13(10-30-17)23(26,27)28/h7-10,34H,1-6,11H2,(H,31,35). The minimum absolute atomic E-state index is 0.0103. The largest absolute Gasteiger partial charge is 0.503 e. The molecule has 3 aliphatic rings. The zero-order valence-corrected chi connectivity index (χ0v) is 18.7. The Kier molecular flexibility index (Phi) is 5.67. The quantitative estimate of drug-likeness (QED) is 0.485. The van der Waals surface area contributed by atoms with Gasteiger partial charge in [0.05, 0.1) is 5.56 Å². The lowest BCUT2D eigenvalue weighted by Crippen LogP contribution is -2.49. The monoisotopic (exact) mass is 509 g/mol. The first-order chi connectivity index (χ1) is 17.0. The maximum Gasteiger partial charge on any atom is 0.419 e. The van der Waals surface area contributed by atoms with Crippen LogP contribution in [-0.4, -0.2) is 37.7 Å². The van der Waals surface area contributed by atoms with Crippen molar-refractivity contribution in [2.24, 2.45) is 5.41 Å². The molecule has 2 N–H and O–H groups in total. The molecule has 3 aliphatic carbocycles. The normalized spacial score (nSPS) is 23.6. The van der Waals surface area contributed by atoms with E-state index in [9.17, 15) is 31.9 Å². The Morgan fingerprint density at radius 2 is 1.58 bits per heavy atom. The second kappa shape index (κ2) is 8.49. The van der Waals surface area contributed by atoms with Crippen LogP contribution in [0.5, 0.6) is 5.75 Å². The van der Waals surface area contributed by atoms with Crippen molar-refractivity contribution in [3.63, 3.8) is 0 Å². The van der Waals surface area contributed by atoms with Gasteiger partial charge in [-0.15, -0.1) is 0 Å². The fraction of sp³-hybridized carbons (Fsp3) is 0.435. The van der Waals surface area contributed by atoms with Crippen molar-refractivity contribution in [2.75, 3.05) is 6.54 Å². The summed E-state index contributed by atoms with van der Waals surface area (Å²) in [7, 11) is 0. The average Bonchev–Trinajstić information content (AvgIpc) is 3.38. The molecule has 3 saturated carbocycles. The number of carbonyl (C=O) groups is 1. The predicted octanol–water partition coefficient (Wildman–Crippen LogP) is 4.55. The SMILES string of the molecule is O=C(NCC12CCC(c3nc(-c4ncc(C(F)(F)F)cn4)no3)(CC1)CC2)c1cc(F)c(O)c(F)c1. The smallest absolute Gasteiger partial charge is 0.419 e. The van der Waals surface area contributed by atoms with E-state index in [-0.39, 0.29) is 28.0 Å². The maximum absolute atomic E-state index is 13.6. The summed E-state index contributed by atoms with van der Waals surface area (Å²) in [6, 6.07) is 1.57. The summed E-state index contributed by atoms with van der Waals surface area (Å²) in [5.74, 6) is -3.86. The molecule has 2 bridgehead atoms. The van der Waals surface area contributed by atoms with Crippen LogP contribution in [0, 0.1) is 17.0 Å². The number of phenols is 1. The van der Waals surface area contributed by atoms with Crippen LogP contribution in [-0.2, 0) is 11.6 Å². The van der Waals surface area contributed by atoms with Gasteiger partial charge in [-0.25, -0.2) is 18.7 Å². The third-order valence-electron chi connectivity index (χ3n) is 7.36. The van der Waals surface area contributed by atoms with Crippen molar-refractivity contribution >= 4 is 5.91 Å². The summed E-state index contributed by atoms with van der Waals surface area (Å²) < 4.78 is 70.9. The van der Waals surface area contributed by atoms with E-state index < -0.39 is 35.0 Å². The Morgan fingerprint density at radius 3 is 2.14 bits per heavy atom. The first-order valence-electron chi connectivity index (χ1n) is 11.2. The molecular weight excluding hydrogens is 489 g/mol. The number of phenolic OH excluding ortho intramolecular Hbond substituents is 1. The Bertz CT molecular complexity index is 1260. The van der Waals surface area contributed by atoms with Crippen LogP contribution in [0.3, 0.4) is 0 Å². The molecule has 0 aliphatic heterocycles. The number of hydrogen-bond acceptors (Lipinski definition) is 7. The van der Waals surface area contributed by atoms with Crippen LogP contribution < -0.4 is 5.32 Å². The molecule has 1 aromatic carbocycles. The zero-order valence-electron chi connectivity index (χ0n) is 18.7. The molecule has 0 saturated heterocycles. The number of carbonyl (C=O) groups excluding carboxylic acids is 1. The third-order valence-corrected chi connectivity index (χ3v) is 7.36. The van der Waals surface area contributed by atoms with Gasteiger partial charge in [-0.3, -0.25) is 4.79 Å². The third kappa shape index (κ3) is 4.26.